The van der Waals surface area contributed by atoms with Gasteiger partial charge in [0.15, 0.2) is 11.4 Å². The number of fused-ring (bicyclic) bond motifs is 3. The molecular formula is C28H34N2O9. The van der Waals surface area contributed by atoms with E-state index in [0.717, 1.165) is 6.92 Å². The van der Waals surface area contributed by atoms with Gasteiger partial charge in [-0.2, -0.15) is 0 Å². The Morgan fingerprint density at radius 2 is 1.69 bits per heavy atom. The van der Waals surface area contributed by atoms with Gasteiger partial charge in [0.1, 0.15) is 28.9 Å². The highest BCUT2D eigenvalue weighted by molar-refractivity contribution is 6.25. The van der Waals surface area contributed by atoms with Gasteiger partial charge in [0, 0.05) is 24.0 Å². The van der Waals surface area contributed by atoms with Crippen molar-refractivity contribution < 1.29 is 44.3 Å². The molecule has 4 rings (SSSR count). The maximum atomic E-state index is 14.1. The van der Waals surface area contributed by atoms with Gasteiger partial charge in [0.05, 0.1) is 17.5 Å². The maximum absolute atomic E-state index is 14.1. The zero-order valence-corrected chi connectivity index (χ0v) is 22.9. The fourth-order valence-corrected chi connectivity index (χ4v) is 6.53. The Hall–Kier alpha value is -3.70. The molecule has 0 aliphatic heterocycles. The Morgan fingerprint density at radius 1 is 1.10 bits per heavy atom. The first-order valence-corrected chi connectivity index (χ1v) is 12.6. The van der Waals surface area contributed by atoms with E-state index in [2.05, 4.69) is 0 Å². The number of aliphatic hydroxyl groups is 3. The van der Waals surface area contributed by atoms with E-state index >= 15 is 0 Å². The van der Waals surface area contributed by atoms with Crippen molar-refractivity contribution in [3.8, 4) is 5.75 Å². The van der Waals surface area contributed by atoms with Crippen LogP contribution in [0.25, 0.3) is 0 Å². The van der Waals surface area contributed by atoms with Gasteiger partial charge in [0.25, 0.3) is 5.91 Å². The molecular weight excluding hydrogens is 508 g/mol. The van der Waals surface area contributed by atoms with E-state index in [-0.39, 0.29) is 11.3 Å². The van der Waals surface area contributed by atoms with Crippen molar-refractivity contribution in [2.45, 2.75) is 63.7 Å². The maximum Gasteiger partial charge on any atom is 0.302 e. The number of hydrogen-bond acceptors (Lipinski definition) is 10. The minimum Gasteiger partial charge on any atom is -0.510 e. The first-order valence-electron chi connectivity index (χ1n) is 12.6. The van der Waals surface area contributed by atoms with Crippen molar-refractivity contribution in [3.63, 3.8) is 0 Å². The lowest BCUT2D eigenvalue weighted by molar-refractivity contribution is -0.179. The highest BCUT2D eigenvalue weighted by Gasteiger charge is 2.68. The van der Waals surface area contributed by atoms with Crippen molar-refractivity contribution >= 4 is 23.4 Å². The Kier molecular flexibility index (Phi) is 6.48. The smallest absolute Gasteiger partial charge is 0.302 e. The second kappa shape index (κ2) is 8.92. The summed E-state index contributed by atoms with van der Waals surface area (Å²) in [5.74, 6) is -9.76. The van der Waals surface area contributed by atoms with Crippen LogP contribution in [-0.2, 0) is 24.5 Å². The number of Topliss-reactive ketones (excluding diaryl/α,β-unsaturated/α-hetero) is 2. The van der Waals surface area contributed by atoms with Crippen molar-refractivity contribution in [3.05, 3.63) is 51.5 Å². The van der Waals surface area contributed by atoms with E-state index in [9.17, 15) is 39.6 Å². The number of aliphatic hydroxyl groups excluding tert-OH is 2. The number of esters is 1. The minimum absolute atomic E-state index is 0.0997. The molecule has 0 fully saturated rings. The van der Waals surface area contributed by atoms with Gasteiger partial charge in [-0.15, -0.1) is 0 Å². The van der Waals surface area contributed by atoms with E-state index < -0.39 is 87.0 Å². The molecule has 3 aliphatic carbocycles. The van der Waals surface area contributed by atoms with Gasteiger partial charge in [0.2, 0.25) is 5.78 Å². The van der Waals surface area contributed by atoms with Crippen LogP contribution >= 0.6 is 0 Å². The van der Waals surface area contributed by atoms with E-state index in [4.69, 9.17) is 10.5 Å². The van der Waals surface area contributed by atoms with Crippen molar-refractivity contribution in [1.29, 1.82) is 0 Å². The molecule has 1 aromatic carbocycles. The number of phenolic OH excluding ortho intramolecular Hbond substituents is 1. The molecule has 11 nitrogen and oxygen atoms in total. The first kappa shape index (κ1) is 28.3. The lowest BCUT2D eigenvalue weighted by atomic mass is 9.55. The fourth-order valence-electron chi connectivity index (χ4n) is 6.53. The molecule has 0 radical (unpaired) electrons. The Balaban J connectivity index is 2.11. The topological polar surface area (TPSA) is 188 Å². The normalized spacial score (nSPS) is 30.6. The average molecular weight is 543 g/mol. The van der Waals surface area contributed by atoms with Gasteiger partial charge >= 0.3 is 5.97 Å². The molecule has 1 amide bonds. The van der Waals surface area contributed by atoms with Gasteiger partial charge < -0.3 is 30.9 Å². The number of phenols is 1. The van der Waals surface area contributed by atoms with Crippen LogP contribution in [0.4, 0.5) is 0 Å². The second-order valence-corrected chi connectivity index (χ2v) is 11.8. The molecule has 210 valence electrons. The summed E-state index contributed by atoms with van der Waals surface area (Å²) in [7, 11) is 2.99. The quantitative estimate of drug-likeness (QED) is 0.277. The molecule has 0 heterocycles. The van der Waals surface area contributed by atoms with Gasteiger partial charge in [-0.1, -0.05) is 39.8 Å². The standard InChI is InChI=1S/C28H34N2O9/c1-10-12-8-9-13(27(3,4)5)20(32)15(12)21(33)16-14(10)23(39-11(2)31)18-19(30(6)7)22(34)17(26(29)37)25(36)28(18,38)24(16)35/h8-10,14,18-19,23,32,34-35,38H,1-7H3,(H2,29,37)/t10-,14+,18+,19+,23-,28+/m0/s1. The van der Waals surface area contributed by atoms with Crippen LogP contribution in [0.1, 0.15) is 62.0 Å². The monoisotopic (exact) mass is 542 g/mol. The molecule has 11 heteroatoms. The lowest BCUT2D eigenvalue weighted by Crippen LogP contribution is -2.69. The molecule has 39 heavy (non-hydrogen) atoms. The number of ketones is 2. The Bertz CT molecular complexity index is 1380. The van der Waals surface area contributed by atoms with Crippen molar-refractivity contribution in [2.75, 3.05) is 14.1 Å². The largest absolute Gasteiger partial charge is 0.510 e. The number of primary amides is 1. The van der Waals surface area contributed by atoms with Crippen LogP contribution in [0, 0.1) is 11.8 Å². The SMILES string of the molecule is CC(=O)O[C@H]1[C@H]2C(=C(O)[C@@]3(O)C(=O)C(C(N)=O)=C(O)[C@H](N(C)C)[C@H]13)C(=O)c1c(ccc(C(C)(C)C)c1O)[C@@H]2C. The average Bonchev–Trinajstić information content (AvgIpc) is 2.79. The summed E-state index contributed by atoms with van der Waals surface area (Å²) in [4.78, 5) is 53.6. The number of nitrogens with two attached hydrogens (primary N) is 1. The molecule has 0 saturated heterocycles. The molecule has 3 aliphatic rings. The molecule has 0 spiro atoms. The van der Waals surface area contributed by atoms with Crippen molar-refractivity contribution in [2.24, 2.45) is 17.6 Å². The van der Waals surface area contributed by atoms with E-state index in [1.807, 2.05) is 20.8 Å². The van der Waals surface area contributed by atoms with Crippen LogP contribution in [0.2, 0.25) is 0 Å². The number of amides is 1. The summed E-state index contributed by atoms with van der Waals surface area (Å²) in [5, 5.41) is 45.8. The Labute approximate surface area is 225 Å². The van der Waals surface area contributed by atoms with E-state index in [1.54, 1.807) is 19.1 Å². The van der Waals surface area contributed by atoms with Crippen LogP contribution in [-0.4, -0.2) is 80.6 Å². The fraction of sp³-hybridized carbons (Fsp3) is 0.500. The van der Waals surface area contributed by atoms with Gasteiger partial charge in [-0.3, -0.25) is 24.1 Å². The first-order chi connectivity index (χ1) is 17.9. The highest BCUT2D eigenvalue weighted by Crippen LogP contribution is 2.57. The number of aromatic hydroxyl groups is 1. The van der Waals surface area contributed by atoms with Crippen LogP contribution in [0.5, 0.6) is 5.75 Å². The highest BCUT2D eigenvalue weighted by atomic mass is 16.5. The summed E-state index contributed by atoms with van der Waals surface area (Å²) in [6, 6.07) is 2.08. The molecule has 6 N–H and O–H groups in total. The summed E-state index contributed by atoms with van der Waals surface area (Å²) in [5.41, 5.74) is 1.31. The Morgan fingerprint density at radius 3 is 2.18 bits per heavy atom. The molecule has 1 aromatic rings. The van der Waals surface area contributed by atoms with E-state index in [0.29, 0.717) is 11.1 Å². The molecule has 0 saturated carbocycles. The number of ether oxygens (including phenoxy) is 1. The third-order valence-corrected chi connectivity index (χ3v) is 8.21. The molecule has 0 bridgehead atoms. The third kappa shape index (κ3) is 3.78. The predicted molar refractivity (Wildman–Crippen MR) is 138 cm³/mol. The van der Waals surface area contributed by atoms with Crippen LogP contribution in [0.15, 0.2) is 34.8 Å². The van der Waals surface area contributed by atoms with Gasteiger partial charge in [-0.05, 0) is 31.0 Å². The number of rotatable bonds is 3. The summed E-state index contributed by atoms with van der Waals surface area (Å²) in [6.07, 6.45) is -1.41. The van der Waals surface area contributed by atoms with E-state index in [1.165, 1.54) is 19.0 Å². The van der Waals surface area contributed by atoms with Crippen LogP contribution < -0.4 is 5.73 Å². The molecule has 6 atom stereocenters. The number of carbonyl (C=O) groups is 4. The van der Waals surface area contributed by atoms with Gasteiger partial charge in [-0.25, -0.2) is 0 Å². The summed E-state index contributed by atoms with van der Waals surface area (Å²) >= 11 is 0. The zero-order valence-electron chi connectivity index (χ0n) is 22.9. The number of benzene rings is 1. The van der Waals surface area contributed by atoms with Crippen molar-refractivity contribution in [1.82, 2.24) is 4.90 Å². The number of likely N-dealkylation sites (N-methyl/N-ethyl adjacent to an activating group) is 1. The number of nitrogens with zero attached hydrogens (tertiary/aromatic N) is 1. The predicted octanol–water partition coefficient (Wildman–Crippen LogP) is 1.52. The van der Waals surface area contributed by atoms with Crippen LogP contribution in [0.3, 0.4) is 0 Å². The minimum atomic E-state index is -2.96. The zero-order chi connectivity index (χ0) is 29.5. The summed E-state index contributed by atoms with van der Waals surface area (Å²) in [6.45, 7) is 8.37. The molecule has 0 unspecified atom stereocenters. The number of hydrogen-bond donors (Lipinski definition) is 5. The lowest BCUT2D eigenvalue weighted by Gasteiger charge is -2.54. The second-order valence-electron chi connectivity index (χ2n) is 11.8. The third-order valence-electron chi connectivity index (χ3n) is 8.21. The molecule has 0 aromatic heterocycles. The number of carbonyl (C=O) groups excluding carboxylic acids is 4. The summed E-state index contributed by atoms with van der Waals surface area (Å²) < 4.78 is 5.67.